The molecular formula is C16H17ClFN3O5. The zero-order chi connectivity index (χ0) is 19.4. The van der Waals surface area contributed by atoms with Crippen LogP contribution in [0.3, 0.4) is 0 Å². The van der Waals surface area contributed by atoms with Crippen LogP contribution in [0, 0.1) is 5.82 Å². The molecule has 0 aromatic heterocycles. The van der Waals surface area contributed by atoms with Crippen molar-refractivity contribution in [1.29, 1.82) is 0 Å². The molecule has 2 rings (SSSR count). The normalized spacial score (nSPS) is 13.9. The first-order valence-electron chi connectivity index (χ1n) is 7.53. The van der Waals surface area contributed by atoms with Crippen LogP contribution in [0.15, 0.2) is 23.4 Å². The predicted molar refractivity (Wildman–Crippen MR) is 92.0 cm³/mol. The fourth-order valence-corrected chi connectivity index (χ4v) is 2.59. The molecule has 0 unspecified atom stereocenters. The number of nitrogens with zero attached hydrogens (tertiary/aromatic N) is 1. The van der Waals surface area contributed by atoms with Gasteiger partial charge in [0.25, 0.3) is 5.91 Å². The maximum absolute atomic E-state index is 13.9. The largest absolute Gasteiger partial charge is 0.466 e. The molecule has 0 aliphatic carbocycles. The molecule has 0 spiro atoms. The number of hydrogen-bond donors (Lipinski definition) is 3. The van der Waals surface area contributed by atoms with Crippen LogP contribution in [0.1, 0.15) is 6.92 Å². The molecule has 3 N–H and O–H groups in total. The zero-order valence-corrected chi connectivity index (χ0v) is 14.8. The summed E-state index contributed by atoms with van der Waals surface area (Å²) < 4.78 is 18.5. The van der Waals surface area contributed by atoms with Gasteiger partial charge in [-0.2, -0.15) is 0 Å². The minimum absolute atomic E-state index is 0.0119. The first kappa shape index (κ1) is 19.7. The van der Waals surface area contributed by atoms with E-state index in [0.29, 0.717) is 0 Å². The Kier molecular flexibility index (Phi) is 6.17. The number of esters is 1. The number of ether oxygens (including phenoxy) is 1. The van der Waals surface area contributed by atoms with E-state index in [1.54, 1.807) is 0 Å². The van der Waals surface area contributed by atoms with Crippen LogP contribution >= 0.6 is 11.6 Å². The third kappa shape index (κ3) is 4.12. The monoisotopic (exact) mass is 385 g/mol. The van der Waals surface area contributed by atoms with Crippen molar-refractivity contribution >= 4 is 40.8 Å². The van der Waals surface area contributed by atoms with E-state index in [2.05, 4.69) is 15.4 Å². The van der Waals surface area contributed by atoms with Crippen molar-refractivity contribution in [3.63, 3.8) is 0 Å². The Morgan fingerprint density at radius 3 is 2.65 bits per heavy atom. The van der Waals surface area contributed by atoms with E-state index < -0.39 is 23.6 Å². The number of halogens is 2. The van der Waals surface area contributed by atoms with Gasteiger partial charge in [0, 0.05) is 19.5 Å². The Morgan fingerprint density at radius 2 is 2.08 bits per heavy atom. The van der Waals surface area contributed by atoms with Crippen LogP contribution in [0.4, 0.5) is 15.8 Å². The van der Waals surface area contributed by atoms with Gasteiger partial charge in [-0.3, -0.25) is 9.59 Å². The Morgan fingerprint density at radius 1 is 1.38 bits per heavy atom. The van der Waals surface area contributed by atoms with Crippen LogP contribution in [-0.2, 0) is 19.1 Å². The van der Waals surface area contributed by atoms with Crippen molar-refractivity contribution in [3.8, 4) is 0 Å². The van der Waals surface area contributed by atoms with E-state index in [0.717, 1.165) is 13.2 Å². The van der Waals surface area contributed by atoms with Gasteiger partial charge in [-0.05, 0) is 6.07 Å². The maximum Gasteiger partial charge on any atom is 0.337 e. The minimum Gasteiger partial charge on any atom is -0.466 e. The number of carbonyl (C=O) groups is 3. The Bertz CT molecular complexity index is 796. The van der Waals surface area contributed by atoms with Gasteiger partial charge in [-0.25, -0.2) is 9.18 Å². The highest BCUT2D eigenvalue weighted by Crippen LogP contribution is 2.31. The quantitative estimate of drug-likeness (QED) is 0.633. The van der Waals surface area contributed by atoms with Crippen molar-refractivity contribution in [2.45, 2.75) is 6.92 Å². The highest BCUT2D eigenvalue weighted by molar-refractivity contribution is 6.31. The van der Waals surface area contributed by atoms with Crippen molar-refractivity contribution < 1.29 is 28.6 Å². The topological polar surface area (TPSA) is 108 Å². The lowest BCUT2D eigenvalue weighted by Crippen LogP contribution is -2.31. The van der Waals surface area contributed by atoms with Crippen molar-refractivity contribution in [1.82, 2.24) is 4.90 Å². The molecule has 0 radical (unpaired) electrons. The fourth-order valence-electron chi connectivity index (χ4n) is 2.43. The van der Waals surface area contributed by atoms with E-state index >= 15 is 0 Å². The average molecular weight is 386 g/mol. The van der Waals surface area contributed by atoms with Crippen LogP contribution in [0.25, 0.3) is 0 Å². The van der Waals surface area contributed by atoms with Crippen molar-refractivity contribution in [2.75, 3.05) is 37.4 Å². The van der Waals surface area contributed by atoms with E-state index in [1.807, 2.05) is 0 Å². The van der Waals surface area contributed by atoms with Crippen molar-refractivity contribution in [3.05, 3.63) is 34.2 Å². The number of carbonyl (C=O) groups excluding carboxylic acids is 3. The lowest BCUT2D eigenvalue weighted by Gasteiger charge is -2.16. The molecule has 1 aliphatic heterocycles. The number of hydrogen-bond acceptors (Lipinski definition) is 6. The summed E-state index contributed by atoms with van der Waals surface area (Å²) in [6.45, 7) is 0.905. The van der Waals surface area contributed by atoms with Crippen LogP contribution in [0.5, 0.6) is 0 Å². The average Bonchev–Trinajstić information content (AvgIpc) is 2.88. The third-order valence-corrected chi connectivity index (χ3v) is 3.87. The van der Waals surface area contributed by atoms with Gasteiger partial charge < -0.3 is 25.4 Å². The van der Waals surface area contributed by atoms with Crippen LogP contribution in [0.2, 0.25) is 5.02 Å². The second-order valence-corrected chi connectivity index (χ2v) is 5.82. The van der Waals surface area contributed by atoms with Gasteiger partial charge in [-0.1, -0.05) is 11.6 Å². The molecule has 0 bridgehead atoms. The number of anilines is 2. The van der Waals surface area contributed by atoms with Crippen molar-refractivity contribution in [2.24, 2.45) is 0 Å². The SMILES string of the molecule is COC(=O)C1=C(Nc2cc(F)c(Cl)cc2NC(C)=O)C(=O)N(CCO)C1. The molecule has 26 heavy (non-hydrogen) atoms. The molecule has 0 fully saturated rings. The number of aliphatic hydroxyl groups excluding tert-OH is 1. The molecule has 0 atom stereocenters. The Hall–Kier alpha value is -2.65. The summed E-state index contributed by atoms with van der Waals surface area (Å²) in [5.74, 6) is -2.51. The number of amides is 2. The van der Waals surface area contributed by atoms with Crippen LogP contribution < -0.4 is 10.6 Å². The Balaban J connectivity index is 2.46. The molecule has 0 saturated heterocycles. The molecule has 140 valence electrons. The minimum atomic E-state index is -0.777. The van der Waals surface area contributed by atoms with Gasteiger partial charge in [0.05, 0.1) is 42.2 Å². The number of benzene rings is 1. The molecule has 1 aliphatic rings. The maximum atomic E-state index is 13.9. The van der Waals surface area contributed by atoms with E-state index in [-0.39, 0.29) is 47.4 Å². The van der Waals surface area contributed by atoms with Gasteiger partial charge >= 0.3 is 5.97 Å². The third-order valence-electron chi connectivity index (χ3n) is 3.58. The lowest BCUT2D eigenvalue weighted by atomic mass is 10.2. The summed E-state index contributed by atoms with van der Waals surface area (Å²) >= 11 is 5.74. The molecule has 2 amide bonds. The van der Waals surface area contributed by atoms with Gasteiger partial charge in [-0.15, -0.1) is 0 Å². The number of β-amino-alcohol motifs (C(OH)–C–C–N with tert-alkyl or cyclic N) is 1. The molecule has 8 nitrogen and oxygen atoms in total. The standard InChI is InChI=1S/C16H17ClFN3O5/c1-8(23)19-12-5-10(17)11(18)6-13(12)20-14-9(16(25)26-2)7-21(3-4-22)15(14)24/h5-6,20,22H,3-4,7H2,1-2H3,(H,19,23). The molecule has 1 heterocycles. The Labute approximate surface area is 153 Å². The number of rotatable bonds is 6. The lowest BCUT2D eigenvalue weighted by molar-refractivity contribution is -0.136. The first-order chi connectivity index (χ1) is 12.3. The van der Waals surface area contributed by atoms with E-state index in [4.69, 9.17) is 16.7 Å². The smallest absolute Gasteiger partial charge is 0.337 e. The van der Waals surface area contributed by atoms with Gasteiger partial charge in [0.1, 0.15) is 11.5 Å². The van der Waals surface area contributed by atoms with E-state index in [9.17, 15) is 18.8 Å². The summed E-state index contributed by atoms with van der Waals surface area (Å²) in [7, 11) is 1.16. The fraction of sp³-hybridized carbons (Fsp3) is 0.312. The number of nitrogens with one attached hydrogen (secondary N) is 2. The summed E-state index contributed by atoms with van der Waals surface area (Å²) in [5.41, 5.74) is 0.0698. The van der Waals surface area contributed by atoms with Gasteiger partial charge in [0.2, 0.25) is 5.91 Å². The number of methoxy groups -OCH3 is 1. The highest BCUT2D eigenvalue weighted by atomic mass is 35.5. The summed E-state index contributed by atoms with van der Waals surface area (Å²) in [6, 6.07) is 2.18. The highest BCUT2D eigenvalue weighted by Gasteiger charge is 2.34. The molecular weight excluding hydrogens is 369 g/mol. The van der Waals surface area contributed by atoms with E-state index in [1.165, 1.54) is 17.9 Å². The predicted octanol–water partition coefficient (Wildman–Crippen LogP) is 1.11. The first-order valence-corrected chi connectivity index (χ1v) is 7.91. The summed E-state index contributed by atoms with van der Waals surface area (Å²) in [4.78, 5) is 37.1. The zero-order valence-electron chi connectivity index (χ0n) is 14.1. The molecule has 1 aromatic rings. The van der Waals surface area contributed by atoms with Gasteiger partial charge in [0.15, 0.2) is 0 Å². The summed E-state index contributed by atoms with van der Waals surface area (Å²) in [6.07, 6.45) is 0. The second-order valence-electron chi connectivity index (χ2n) is 5.41. The molecule has 0 saturated carbocycles. The summed E-state index contributed by atoms with van der Waals surface area (Å²) in [5, 5.41) is 14.0. The van der Waals surface area contributed by atoms with Crippen LogP contribution in [-0.4, -0.2) is 54.6 Å². The second kappa shape index (κ2) is 8.15. The molecule has 1 aromatic carbocycles. The number of aliphatic hydroxyl groups is 1. The molecule has 10 heteroatoms.